The molecule has 2 amide bonds. The van der Waals surface area contributed by atoms with Gasteiger partial charge in [0.25, 0.3) is 5.91 Å². The van der Waals surface area contributed by atoms with Crippen molar-refractivity contribution in [1.29, 1.82) is 0 Å². The Bertz CT molecular complexity index is 596. The van der Waals surface area contributed by atoms with Gasteiger partial charge in [-0.1, -0.05) is 22.0 Å². The highest BCUT2D eigenvalue weighted by Crippen LogP contribution is 2.15. The molecular formula is C17H22BrN3O3. The maximum absolute atomic E-state index is 12.5. The van der Waals surface area contributed by atoms with Gasteiger partial charge < -0.3 is 14.5 Å². The van der Waals surface area contributed by atoms with E-state index in [4.69, 9.17) is 4.74 Å². The first-order valence-corrected chi connectivity index (χ1v) is 9.05. The van der Waals surface area contributed by atoms with Crippen LogP contribution in [-0.2, 0) is 9.53 Å². The second-order valence-electron chi connectivity index (χ2n) is 6.07. The van der Waals surface area contributed by atoms with Crippen molar-refractivity contribution in [3.63, 3.8) is 0 Å². The second-order valence-corrected chi connectivity index (χ2v) is 6.99. The van der Waals surface area contributed by atoms with Gasteiger partial charge in [-0.05, 0) is 18.2 Å². The molecule has 0 aliphatic carbocycles. The quantitative estimate of drug-likeness (QED) is 0.767. The minimum atomic E-state index is 0.0246. The number of carbonyl (C=O) groups is 2. The summed E-state index contributed by atoms with van der Waals surface area (Å²) in [4.78, 5) is 30.7. The van der Waals surface area contributed by atoms with Crippen LogP contribution < -0.4 is 0 Å². The van der Waals surface area contributed by atoms with Crippen molar-refractivity contribution in [2.75, 3.05) is 59.0 Å². The molecule has 1 aromatic carbocycles. The number of piperazine rings is 1. The van der Waals surface area contributed by atoms with Crippen LogP contribution in [0.5, 0.6) is 0 Å². The fourth-order valence-corrected chi connectivity index (χ4v) is 3.41. The van der Waals surface area contributed by atoms with Crippen molar-refractivity contribution in [3.8, 4) is 0 Å². The Balaban J connectivity index is 1.50. The molecule has 7 heteroatoms. The number of hydrogen-bond donors (Lipinski definition) is 0. The third-order valence-electron chi connectivity index (χ3n) is 4.45. The Kier molecular flexibility index (Phi) is 5.86. The van der Waals surface area contributed by atoms with E-state index in [2.05, 4.69) is 20.8 Å². The van der Waals surface area contributed by atoms with Crippen molar-refractivity contribution in [3.05, 3.63) is 34.3 Å². The predicted octanol–water partition coefficient (Wildman–Crippen LogP) is 1.07. The van der Waals surface area contributed by atoms with Crippen LogP contribution in [0.25, 0.3) is 0 Å². The average Bonchev–Trinajstić information content (AvgIpc) is 2.62. The number of ether oxygens (including phenoxy) is 1. The number of halogens is 1. The lowest BCUT2D eigenvalue weighted by Gasteiger charge is -2.36. The number of morpholine rings is 1. The van der Waals surface area contributed by atoms with Crippen LogP contribution >= 0.6 is 15.9 Å². The summed E-state index contributed by atoms with van der Waals surface area (Å²) in [5.41, 5.74) is 0.678. The monoisotopic (exact) mass is 395 g/mol. The molecular weight excluding hydrogens is 374 g/mol. The van der Waals surface area contributed by atoms with Crippen LogP contribution in [0.15, 0.2) is 28.7 Å². The van der Waals surface area contributed by atoms with Gasteiger partial charge in [0.2, 0.25) is 5.91 Å². The van der Waals surface area contributed by atoms with Gasteiger partial charge in [-0.15, -0.1) is 0 Å². The summed E-state index contributed by atoms with van der Waals surface area (Å²) in [5, 5.41) is 0. The molecule has 0 N–H and O–H groups in total. The van der Waals surface area contributed by atoms with Crippen LogP contribution in [0.1, 0.15) is 10.4 Å². The van der Waals surface area contributed by atoms with Gasteiger partial charge in [-0.2, -0.15) is 0 Å². The molecule has 0 saturated carbocycles. The topological polar surface area (TPSA) is 53.1 Å². The summed E-state index contributed by atoms with van der Waals surface area (Å²) in [5.74, 6) is 0.169. The van der Waals surface area contributed by atoms with Crippen molar-refractivity contribution in [1.82, 2.24) is 14.7 Å². The van der Waals surface area contributed by atoms with E-state index in [1.165, 1.54) is 0 Å². The third-order valence-corrected chi connectivity index (χ3v) is 4.95. The van der Waals surface area contributed by atoms with Crippen LogP contribution in [0.4, 0.5) is 0 Å². The molecule has 0 aromatic heterocycles. The van der Waals surface area contributed by atoms with Crippen molar-refractivity contribution in [2.24, 2.45) is 0 Å². The van der Waals surface area contributed by atoms with E-state index in [1.54, 1.807) is 0 Å². The van der Waals surface area contributed by atoms with E-state index >= 15 is 0 Å². The molecule has 2 aliphatic rings. The number of carbonyl (C=O) groups excluding carboxylic acids is 2. The molecule has 1 aromatic rings. The Morgan fingerprint density at radius 1 is 1.00 bits per heavy atom. The molecule has 0 unspecified atom stereocenters. The van der Waals surface area contributed by atoms with Gasteiger partial charge in [-0.3, -0.25) is 14.5 Å². The third kappa shape index (κ3) is 4.34. The van der Waals surface area contributed by atoms with Crippen LogP contribution in [0.3, 0.4) is 0 Å². The van der Waals surface area contributed by atoms with Crippen LogP contribution in [-0.4, -0.2) is 85.5 Å². The van der Waals surface area contributed by atoms with E-state index < -0.39 is 0 Å². The van der Waals surface area contributed by atoms with Gasteiger partial charge in [0, 0.05) is 49.3 Å². The summed E-state index contributed by atoms with van der Waals surface area (Å²) in [6, 6.07) is 7.42. The highest BCUT2D eigenvalue weighted by Gasteiger charge is 2.26. The smallest absolute Gasteiger partial charge is 0.254 e. The minimum Gasteiger partial charge on any atom is -0.379 e. The molecule has 0 spiro atoms. The molecule has 2 saturated heterocycles. The first-order valence-electron chi connectivity index (χ1n) is 8.26. The highest BCUT2D eigenvalue weighted by molar-refractivity contribution is 9.10. The maximum Gasteiger partial charge on any atom is 0.254 e. The van der Waals surface area contributed by atoms with Gasteiger partial charge in [0.15, 0.2) is 0 Å². The van der Waals surface area contributed by atoms with E-state index in [9.17, 15) is 9.59 Å². The minimum absolute atomic E-state index is 0.0246. The Hall–Kier alpha value is -1.44. The fraction of sp³-hybridized carbons (Fsp3) is 0.529. The van der Waals surface area contributed by atoms with E-state index in [0.717, 1.165) is 17.6 Å². The number of amides is 2. The average molecular weight is 396 g/mol. The molecule has 2 fully saturated rings. The second kappa shape index (κ2) is 8.09. The van der Waals surface area contributed by atoms with E-state index in [-0.39, 0.29) is 11.8 Å². The summed E-state index contributed by atoms with van der Waals surface area (Å²) < 4.78 is 6.20. The van der Waals surface area contributed by atoms with E-state index in [1.807, 2.05) is 34.1 Å². The largest absolute Gasteiger partial charge is 0.379 e. The first kappa shape index (κ1) is 17.4. The Morgan fingerprint density at radius 3 is 2.33 bits per heavy atom. The van der Waals surface area contributed by atoms with Crippen molar-refractivity contribution in [2.45, 2.75) is 0 Å². The molecule has 0 bridgehead atoms. The number of nitrogens with zero attached hydrogens (tertiary/aromatic N) is 3. The molecule has 0 atom stereocenters. The summed E-state index contributed by atoms with van der Waals surface area (Å²) >= 11 is 3.39. The van der Waals surface area contributed by atoms with Crippen LogP contribution in [0, 0.1) is 0 Å². The lowest BCUT2D eigenvalue weighted by Crippen LogP contribution is -2.53. The summed E-state index contributed by atoms with van der Waals surface area (Å²) in [6.45, 7) is 5.83. The molecule has 2 heterocycles. The molecule has 24 heavy (non-hydrogen) atoms. The fourth-order valence-electron chi connectivity index (χ4n) is 3.01. The standard InChI is InChI=1S/C17H22BrN3O3/c18-15-3-1-2-14(12-15)17(23)21-6-4-20(5-7-21)16(22)13-19-8-10-24-11-9-19/h1-3,12H,4-11,13H2. The van der Waals surface area contributed by atoms with Crippen LogP contribution in [0.2, 0.25) is 0 Å². The first-order chi connectivity index (χ1) is 11.6. The highest BCUT2D eigenvalue weighted by atomic mass is 79.9. The maximum atomic E-state index is 12.5. The molecule has 6 nitrogen and oxygen atoms in total. The lowest BCUT2D eigenvalue weighted by molar-refractivity contribution is -0.134. The van der Waals surface area contributed by atoms with Crippen molar-refractivity contribution >= 4 is 27.7 Å². The Labute approximate surface area is 150 Å². The molecule has 3 rings (SSSR count). The molecule has 130 valence electrons. The number of rotatable bonds is 3. The molecule has 2 aliphatic heterocycles. The zero-order valence-electron chi connectivity index (χ0n) is 13.6. The van der Waals surface area contributed by atoms with Gasteiger partial charge in [0.05, 0.1) is 19.8 Å². The van der Waals surface area contributed by atoms with Gasteiger partial charge in [-0.25, -0.2) is 0 Å². The van der Waals surface area contributed by atoms with Gasteiger partial charge >= 0.3 is 0 Å². The van der Waals surface area contributed by atoms with Crippen molar-refractivity contribution < 1.29 is 14.3 Å². The molecule has 0 radical (unpaired) electrons. The van der Waals surface area contributed by atoms with E-state index in [0.29, 0.717) is 51.5 Å². The number of benzene rings is 1. The Morgan fingerprint density at radius 2 is 1.67 bits per heavy atom. The number of hydrogen-bond acceptors (Lipinski definition) is 4. The predicted molar refractivity (Wildman–Crippen MR) is 93.9 cm³/mol. The SMILES string of the molecule is O=C(CN1CCOCC1)N1CCN(C(=O)c2cccc(Br)c2)CC1. The van der Waals surface area contributed by atoms with Gasteiger partial charge in [0.1, 0.15) is 0 Å². The lowest BCUT2D eigenvalue weighted by atomic mass is 10.2. The normalized spacial score (nSPS) is 19.4. The zero-order valence-corrected chi connectivity index (χ0v) is 15.2. The summed E-state index contributed by atoms with van der Waals surface area (Å²) in [6.07, 6.45) is 0. The zero-order chi connectivity index (χ0) is 16.9. The summed E-state index contributed by atoms with van der Waals surface area (Å²) in [7, 11) is 0.